The summed E-state index contributed by atoms with van der Waals surface area (Å²) in [6.45, 7) is -0.662. The molecule has 0 aliphatic carbocycles. The molecule has 15 heteroatoms. The zero-order chi connectivity index (χ0) is 19.5. The number of nitrogens with two attached hydrogens (primary N) is 1. The Morgan fingerprint density at radius 3 is 2.79 bits per heavy atom. The fourth-order valence-corrected chi connectivity index (χ4v) is 3.56. The van der Waals surface area contributed by atoms with Crippen LogP contribution in [-0.2, 0) is 13.8 Å². The van der Waals surface area contributed by atoms with Crippen molar-refractivity contribution in [2.75, 3.05) is 18.7 Å². The van der Waals surface area contributed by atoms with Crippen molar-refractivity contribution >= 4 is 30.5 Å². The van der Waals surface area contributed by atoms with Crippen LogP contribution >= 0.6 is 7.82 Å². The Labute approximate surface area is 180 Å². The average molecular weight is 422 g/mol. The van der Waals surface area contributed by atoms with Gasteiger partial charge in [0.05, 0.1) is 12.0 Å². The minimum atomic E-state index is -5.00. The van der Waals surface area contributed by atoms with Crippen molar-refractivity contribution in [2.45, 2.75) is 24.5 Å². The maximum Gasteiger partial charge on any atom is 1.00 e. The van der Waals surface area contributed by atoms with Crippen LogP contribution in [-0.4, -0.2) is 67.4 Å². The Morgan fingerprint density at radius 1 is 1.39 bits per heavy atom. The minimum Gasteiger partial charge on any atom is -0.756 e. The van der Waals surface area contributed by atoms with Crippen molar-refractivity contribution in [3.05, 3.63) is 18.1 Å². The van der Waals surface area contributed by atoms with Gasteiger partial charge in [-0.25, -0.2) is 15.0 Å². The molecule has 146 valence electrons. The molecule has 13 nitrogen and oxygen atoms in total. The number of amidine groups is 1. The number of aliphatic hydroxyl groups excluding tert-OH is 2. The molecule has 28 heavy (non-hydrogen) atoms. The van der Waals surface area contributed by atoms with E-state index in [9.17, 15) is 19.7 Å². The Morgan fingerprint density at radius 2 is 2.11 bits per heavy atom. The number of nitrogens with zero attached hydrogens (tertiary/aromatic N) is 5. The van der Waals surface area contributed by atoms with Gasteiger partial charge in [-0.05, 0) is 0 Å². The van der Waals surface area contributed by atoms with Crippen molar-refractivity contribution in [2.24, 2.45) is 10.8 Å². The van der Waals surface area contributed by atoms with E-state index >= 15 is 0 Å². The first kappa shape index (κ1) is 21.6. The number of hydrogen-bond acceptors (Lipinski definition) is 11. The van der Waals surface area contributed by atoms with Crippen LogP contribution in [0.25, 0.3) is 11.0 Å². The first-order chi connectivity index (χ1) is 12.7. The van der Waals surface area contributed by atoms with Gasteiger partial charge in [0.15, 0.2) is 17.9 Å². The Kier molecular flexibility index (Phi) is 5.87. The standard InChI is InChI=1S/C13H17N6O7P.Na/c1-18-11-7-5(10(14)17-18)2-19(12(7)16-4-15-11)13-9(21)8(20)6(26-13)3-25-27(22,23)24;/h2,4,6,8-9,13,20-21H,3H2,1H3,(H2,14,17)(H2,22,23,24);/q;+1/p-1/t6-,8-,9-,13-;/m1./s1. The van der Waals surface area contributed by atoms with Crippen LogP contribution in [0.5, 0.6) is 0 Å². The van der Waals surface area contributed by atoms with Crippen LogP contribution < -0.4 is 45.2 Å². The first-order valence-corrected chi connectivity index (χ1v) is 9.30. The van der Waals surface area contributed by atoms with Crippen LogP contribution in [0.15, 0.2) is 17.6 Å². The Hall–Kier alpha value is -1.12. The molecule has 1 saturated heterocycles. The molecule has 0 amide bonds. The van der Waals surface area contributed by atoms with Crippen molar-refractivity contribution in [1.82, 2.24) is 14.5 Å². The number of rotatable bonds is 4. The summed E-state index contributed by atoms with van der Waals surface area (Å²) in [5.41, 5.74) is 6.88. The van der Waals surface area contributed by atoms with Crippen LogP contribution in [0, 0.1) is 0 Å². The fraction of sp³-hybridized carbons (Fsp3) is 0.462. The summed E-state index contributed by atoms with van der Waals surface area (Å²) < 4.78 is 22.1. The molecular weight excluding hydrogens is 406 g/mol. The van der Waals surface area contributed by atoms with E-state index in [1.54, 1.807) is 13.2 Å². The topological polar surface area (TPSA) is 192 Å². The van der Waals surface area contributed by atoms with Gasteiger partial charge in [0, 0.05) is 18.8 Å². The van der Waals surface area contributed by atoms with Crippen molar-refractivity contribution in [3.8, 4) is 0 Å². The van der Waals surface area contributed by atoms with Crippen LogP contribution in [0.4, 0.5) is 5.82 Å². The van der Waals surface area contributed by atoms with Gasteiger partial charge in [-0.1, -0.05) is 0 Å². The van der Waals surface area contributed by atoms with Crippen LogP contribution in [0.1, 0.15) is 11.8 Å². The van der Waals surface area contributed by atoms with Crippen LogP contribution in [0.3, 0.4) is 0 Å². The van der Waals surface area contributed by atoms with Crippen molar-refractivity contribution in [1.29, 1.82) is 0 Å². The Balaban J connectivity index is 0.00000225. The summed E-state index contributed by atoms with van der Waals surface area (Å²) in [6.07, 6.45) is -2.30. The molecule has 1 unspecified atom stereocenters. The molecule has 2 aliphatic heterocycles. The summed E-state index contributed by atoms with van der Waals surface area (Å²) >= 11 is 0. The van der Waals surface area contributed by atoms with Crippen molar-refractivity contribution in [3.63, 3.8) is 0 Å². The molecule has 0 aromatic carbocycles. The third-order valence-electron chi connectivity index (χ3n) is 4.44. The molecule has 0 radical (unpaired) electrons. The molecule has 1 fully saturated rings. The number of aliphatic hydroxyl groups is 2. The second kappa shape index (κ2) is 7.61. The number of ether oxygens (including phenoxy) is 1. The first-order valence-electron chi connectivity index (χ1n) is 7.81. The largest absolute Gasteiger partial charge is 1.00 e. The molecule has 2 aromatic rings. The number of phosphoric ester groups is 1. The number of phosphoric acid groups is 1. The zero-order valence-electron chi connectivity index (χ0n) is 14.9. The minimum absolute atomic E-state index is 0. The third-order valence-corrected chi connectivity index (χ3v) is 4.92. The molecule has 2 aromatic heterocycles. The van der Waals surface area contributed by atoms with Gasteiger partial charge >= 0.3 is 29.6 Å². The van der Waals surface area contributed by atoms with Gasteiger partial charge in [-0.15, -0.1) is 0 Å². The summed E-state index contributed by atoms with van der Waals surface area (Å²) in [6, 6.07) is 0. The smallest absolute Gasteiger partial charge is 0.756 e. The quantitative estimate of drug-likeness (QED) is 0.272. The van der Waals surface area contributed by atoms with E-state index < -0.39 is 39.0 Å². The van der Waals surface area contributed by atoms with E-state index in [0.717, 1.165) is 0 Å². The van der Waals surface area contributed by atoms with Gasteiger partial charge in [0.1, 0.15) is 30.3 Å². The maximum atomic E-state index is 10.8. The van der Waals surface area contributed by atoms with E-state index in [0.29, 0.717) is 22.4 Å². The second-order valence-electron chi connectivity index (χ2n) is 6.17. The Bertz CT molecular complexity index is 980. The molecule has 2 aliphatic rings. The second-order valence-corrected chi connectivity index (χ2v) is 7.36. The molecule has 0 bridgehead atoms. The molecule has 5 N–H and O–H groups in total. The van der Waals surface area contributed by atoms with Gasteiger partial charge in [0.2, 0.25) is 0 Å². The van der Waals surface area contributed by atoms with Crippen molar-refractivity contribution < 1.29 is 63.4 Å². The van der Waals surface area contributed by atoms with Gasteiger partial charge in [-0.3, -0.25) is 4.57 Å². The molecule has 0 spiro atoms. The van der Waals surface area contributed by atoms with Gasteiger partial charge in [-0.2, -0.15) is 5.10 Å². The van der Waals surface area contributed by atoms with E-state index in [1.807, 2.05) is 0 Å². The number of hydrazone groups is 1. The summed E-state index contributed by atoms with van der Waals surface area (Å²) in [5, 5.41) is 26.8. The molecule has 5 atom stereocenters. The summed E-state index contributed by atoms with van der Waals surface area (Å²) in [4.78, 5) is 27.8. The van der Waals surface area contributed by atoms with Gasteiger partial charge < -0.3 is 39.6 Å². The van der Waals surface area contributed by atoms with E-state index in [2.05, 4.69) is 19.6 Å². The summed E-state index contributed by atoms with van der Waals surface area (Å²) in [5.74, 6) is 0.715. The maximum absolute atomic E-state index is 10.8. The average Bonchev–Trinajstić information content (AvgIpc) is 3.11. The van der Waals surface area contributed by atoms with E-state index in [4.69, 9.17) is 15.4 Å². The summed E-state index contributed by atoms with van der Waals surface area (Å²) in [7, 11) is -3.33. The number of anilines is 1. The van der Waals surface area contributed by atoms with Crippen LogP contribution in [0.2, 0.25) is 0 Å². The molecule has 0 saturated carbocycles. The predicted octanol–water partition coefficient (Wildman–Crippen LogP) is -5.40. The molecule has 4 heterocycles. The SMILES string of the molecule is CN1N=C(N)c2cn([C@@H]3O[C@H](COP(=O)([O-])O)[C@@H](O)[C@H]3O)c3ncnc1c23.[Na+]. The molecular formula is C13H16N6NaO7P. The van der Waals surface area contributed by atoms with Gasteiger partial charge in [0.25, 0.3) is 7.82 Å². The number of hydrogen-bond donors (Lipinski definition) is 4. The molecule has 4 rings (SSSR count). The van der Waals surface area contributed by atoms with E-state index in [-0.39, 0.29) is 35.4 Å². The zero-order valence-corrected chi connectivity index (χ0v) is 17.8. The third kappa shape index (κ3) is 3.59. The normalized spacial score (nSPS) is 28.8. The number of aromatic nitrogens is 3. The monoisotopic (exact) mass is 422 g/mol. The predicted molar refractivity (Wildman–Crippen MR) is 88.4 cm³/mol. The van der Waals surface area contributed by atoms with E-state index in [1.165, 1.54) is 15.9 Å². The fourth-order valence-electron chi connectivity index (χ4n) is 3.23.